The molecule has 96 valence electrons. The van der Waals surface area contributed by atoms with Gasteiger partial charge >= 0.3 is 6.09 Å². The Morgan fingerprint density at radius 2 is 2.11 bits per heavy atom. The third kappa shape index (κ3) is 3.94. The molecular formula is C12H15N3O3. The van der Waals surface area contributed by atoms with Crippen molar-refractivity contribution in [2.24, 2.45) is 0 Å². The number of hydrogen-bond acceptors (Lipinski definition) is 5. The molecule has 1 heterocycles. The predicted molar refractivity (Wildman–Crippen MR) is 65.4 cm³/mol. The average molecular weight is 249 g/mol. The highest BCUT2D eigenvalue weighted by molar-refractivity contribution is 5.83. The second kappa shape index (κ2) is 5.36. The van der Waals surface area contributed by atoms with Crippen LogP contribution in [0.25, 0.3) is 0 Å². The molecule has 0 unspecified atom stereocenters. The number of nitrogens with zero attached hydrogens (tertiary/aromatic N) is 2. The number of carbonyl (C=O) groups is 1. The van der Waals surface area contributed by atoms with Crippen LogP contribution in [-0.2, 0) is 4.74 Å². The van der Waals surface area contributed by atoms with E-state index in [2.05, 4.69) is 10.3 Å². The molecule has 18 heavy (non-hydrogen) atoms. The van der Waals surface area contributed by atoms with Crippen LogP contribution in [0, 0.1) is 11.3 Å². The molecule has 6 heteroatoms. The summed E-state index contributed by atoms with van der Waals surface area (Å²) in [6, 6.07) is 4.95. The summed E-state index contributed by atoms with van der Waals surface area (Å²) in [5, 5.41) is 11.3. The molecule has 6 nitrogen and oxygen atoms in total. The number of methoxy groups -OCH3 is 1. The van der Waals surface area contributed by atoms with E-state index in [4.69, 9.17) is 14.7 Å². The lowest BCUT2D eigenvalue weighted by Gasteiger charge is -2.19. The zero-order valence-corrected chi connectivity index (χ0v) is 10.8. The van der Waals surface area contributed by atoms with Crippen LogP contribution in [0.4, 0.5) is 10.6 Å². The van der Waals surface area contributed by atoms with Crippen LogP contribution in [0.1, 0.15) is 26.3 Å². The van der Waals surface area contributed by atoms with Gasteiger partial charge in [0, 0.05) is 0 Å². The lowest BCUT2D eigenvalue weighted by Crippen LogP contribution is -2.27. The molecule has 1 rings (SSSR count). The smallest absolute Gasteiger partial charge is 0.413 e. The minimum absolute atomic E-state index is 0.158. The average Bonchev–Trinajstić information content (AvgIpc) is 2.26. The monoisotopic (exact) mass is 249 g/mol. The maximum atomic E-state index is 11.5. The summed E-state index contributed by atoms with van der Waals surface area (Å²) in [5.74, 6) is 0.422. The van der Waals surface area contributed by atoms with Gasteiger partial charge in [0.2, 0.25) is 5.88 Å². The van der Waals surface area contributed by atoms with E-state index < -0.39 is 11.7 Å². The van der Waals surface area contributed by atoms with E-state index in [9.17, 15) is 4.79 Å². The molecule has 1 aromatic heterocycles. The van der Waals surface area contributed by atoms with Gasteiger partial charge in [0.05, 0.1) is 7.11 Å². The number of nitriles is 1. The second-order valence-electron chi connectivity index (χ2n) is 4.49. The molecular weight excluding hydrogens is 234 g/mol. The minimum atomic E-state index is -0.609. The molecule has 0 radical (unpaired) electrons. The van der Waals surface area contributed by atoms with Crippen molar-refractivity contribution in [1.29, 1.82) is 5.26 Å². The van der Waals surface area contributed by atoms with Crippen LogP contribution < -0.4 is 10.1 Å². The van der Waals surface area contributed by atoms with Gasteiger partial charge < -0.3 is 9.47 Å². The normalized spacial score (nSPS) is 10.4. The number of pyridine rings is 1. The second-order valence-corrected chi connectivity index (χ2v) is 4.49. The fourth-order valence-corrected chi connectivity index (χ4v) is 1.16. The highest BCUT2D eigenvalue weighted by Gasteiger charge is 2.17. The summed E-state index contributed by atoms with van der Waals surface area (Å²) in [4.78, 5) is 15.5. The molecule has 0 saturated carbocycles. The summed E-state index contributed by atoms with van der Waals surface area (Å²) < 4.78 is 10.0. The molecule has 0 fully saturated rings. The van der Waals surface area contributed by atoms with E-state index in [1.54, 1.807) is 20.8 Å². The summed E-state index contributed by atoms with van der Waals surface area (Å²) in [5.41, 5.74) is -0.284. The highest BCUT2D eigenvalue weighted by atomic mass is 16.6. The van der Waals surface area contributed by atoms with E-state index in [-0.39, 0.29) is 11.7 Å². The van der Waals surface area contributed by atoms with Gasteiger partial charge in [-0.1, -0.05) is 0 Å². The lowest BCUT2D eigenvalue weighted by atomic mass is 10.2. The van der Waals surface area contributed by atoms with Gasteiger partial charge in [-0.3, -0.25) is 5.32 Å². The van der Waals surface area contributed by atoms with E-state index in [1.165, 1.54) is 19.2 Å². The van der Waals surface area contributed by atoms with Crippen molar-refractivity contribution in [3.05, 3.63) is 17.7 Å². The van der Waals surface area contributed by atoms with Gasteiger partial charge in [0.1, 0.15) is 23.1 Å². The zero-order chi connectivity index (χ0) is 13.8. The van der Waals surface area contributed by atoms with Crippen molar-refractivity contribution in [3.8, 4) is 11.9 Å². The van der Waals surface area contributed by atoms with Crippen LogP contribution in [0.3, 0.4) is 0 Å². The van der Waals surface area contributed by atoms with E-state index in [1.807, 2.05) is 6.07 Å². The fourth-order valence-electron chi connectivity index (χ4n) is 1.16. The Bertz CT molecular complexity index is 486. The van der Waals surface area contributed by atoms with Crippen LogP contribution in [-0.4, -0.2) is 23.8 Å². The lowest BCUT2D eigenvalue weighted by molar-refractivity contribution is 0.0635. The zero-order valence-electron chi connectivity index (χ0n) is 10.8. The summed E-state index contributed by atoms with van der Waals surface area (Å²) in [6.45, 7) is 5.29. The minimum Gasteiger partial charge on any atom is -0.480 e. The van der Waals surface area contributed by atoms with Crippen molar-refractivity contribution in [2.75, 3.05) is 12.4 Å². The molecule has 0 aliphatic carbocycles. The Morgan fingerprint density at radius 1 is 1.44 bits per heavy atom. The van der Waals surface area contributed by atoms with Gasteiger partial charge in [-0.15, -0.1) is 0 Å². The maximum Gasteiger partial charge on any atom is 0.413 e. The number of anilines is 1. The van der Waals surface area contributed by atoms with Crippen LogP contribution in [0.5, 0.6) is 5.88 Å². The number of ether oxygens (including phenoxy) is 2. The molecule has 0 aromatic carbocycles. The summed E-state index contributed by atoms with van der Waals surface area (Å²) >= 11 is 0. The van der Waals surface area contributed by atoms with Gasteiger partial charge in [0.25, 0.3) is 0 Å². The van der Waals surface area contributed by atoms with Crippen LogP contribution in [0.2, 0.25) is 0 Å². The largest absolute Gasteiger partial charge is 0.480 e. The van der Waals surface area contributed by atoms with E-state index in [0.29, 0.717) is 5.56 Å². The Morgan fingerprint density at radius 3 is 2.61 bits per heavy atom. The number of carbonyl (C=O) groups excluding carboxylic acids is 1. The van der Waals surface area contributed by atoms with Crippen molar-refractivity contribution in [1.82, 2.24) is 4.98 Å². The Labute approximate surface area is 106 Å². The molecule has 0 atom stereocenters. The quantitative estimate of drug-likeness (QED) is 0.869. The molecule has 0 spiro atoms. The third-order valence-electron chi connectivity index (χ3n) is 1.80. The molecule has 1 aromatic rings. The Hall–Kier alpha value is -2.29. The standard InChI is InChI=1S/C12H15N3O3/c1-12(2,3)18-11(16)15-9-6-5-8(7-13)10(14-9)17-4/h5-6H,1-4H3,(H,14,15,16). The molecule has 0 bridgehead atoms. The van der Waals surface area contributed by atoms with Crippen molar-refractivity contribution in [3.63, 3.8) is 0 Å². The molecule has 1 N–H and O–H groups in total. The summed E-state index contributed by atoms with van der Waals surface area (Å²) in [6.07, 6.45) is -0.609. The van der Waals surface area contributed by atoms with Gasteiger partial charge in [0.15, 0.2) is 0 Å². The molecule has 0 aliphatic heterocycles. The number of aromatic nitrogens is 1. The topological polar surface area (TPSA) is 84.2 Å². The first-order valence-corrected chi connectivity index (χ1v) is 5.31. The van der Waals surface area contributed by atoms with Gasteiger partial charge in [-0.2, -0.15) is 10.2 Å². The van der Waals surface area contributed by atoms with Crippen LogP contribution in [0.15, 0.2) is 12.1 Å². The molecule has 0 aliphatic rings. The van der Waals surface area contributed by atoms with E-state index in [0.717, 1.165) is 0 Å². The molecule has 1 amide bonds. The first-order valence-electron chi connectivity index (χ1n) is 5.31. The summed E-state index contributed by atoms with van der Waals surface area (Å²) in [7, 11) is 1.40. The first-order chi connectivity index (χ1) is 8.35. The van der Waals surface area contributed by atoms with Gasteiger partial charge in [-0.05, 0) is 32.9 Å². The molecule has 0 saturated heterocycles. The Kier molecular flexibility index (Phi) is 4.10. The predicted octanol–water partition coefficient (Wildman–Crippen LogP) is 2.31. The number of hydrogen-bond donors (Lipinski definition) is 1. The first kappa shape index (κ1) is 13.8. The SMILES string of the molecule is COc1nc(NC(=O)OC(C)(C)C)ccc1C#N. The van der Waals surface area contributed by atoms with Crippen LogP contribution >= 0.6 is 0 Å². The fraction of sp³-hybridized carbons (Fsp3) is 0.417. The van der Waals surface area contributed by atoms with Crippen molar-refractivity contribution >= 4 is 11.9 Å². The highest BCUT2D eigenvalue weighted by Crippen LogP contribution is 2.18. The number of amides is 1. The van der Waals surface area contributed by atoms with Crippen molar-refractivity contribution in [2.45, 2.75) is 26.4 Å². The van der Waals surface area contributed by atoms with Crippen molar-refractivity contribution < 1.29 is 14.3 Å². The number of rotatable bonds is 2. The maximum absolute atomic E-state index is 11.5. The third-order valence-corrected chi connectivity index (χ3v) is 1.80. The Balaban J connectivity index is 2.81. The number of nitrogens with one attached hydrogen (secondary N) is 1. The van der Waals surface area contributed by atoms with Gasteiger partial charge in [-0.25, -0.2) is 4.79 Å². The van der Waals surface area contributed by atoms with E-state index >= 15 is 0 Å².